The van der Waals surface area contributed by atoms with E-state index in [9.17, 15) is 9.59 Å². The van der Waals surface area contributed by atoms with Gasteiger partial charge in [0.2, 0.25) is 5.91 Å². The third kappa shape index (κ3) is 4.66. The van der Waals surface area contributed by atoms with E-state index >= 15 is 0 Å². The van der Waals surface area contributed by atoms with Gasteiger partial charge in [0, 0.05) is 19.1 Å². The topological polar surface area (TPSA) is 55.8 Å². The van der Waals surface area contributed by atoms with Gasteiger partial charge < -0.3 is 9.47 Å². The van der Waals surface area contributed by atoms with Crippen LogP contribution < -0.4 is 0 Å². The smallest absolute Gasteiger partial charge is 0.416 e. The third-order valence-electron chi connectivity index (χ3n) is 7.36. The van der Waals surface area contributed by atoms with Crippen molar-refractivity contribution in [3.05, 3.63) is 35.9 Å². The molecule has 0 aromatic heterocycles. The van der Waals surface area contributed by atoms with Crippen molar-refractivity contribution in [3.63, 3.8) is 0 Å². The zero-order valence-corrected chi connectivity index (χ0v) is 17.4. The van der Waals surface area contributed by atoms with Crippen molar-refractivity contribution >= 4 is 12.0 Å². The SMILES string of the molecule is C[C@@H](C(=O)N1C(=O)OC[C@H]1Cc1ccccc1)C1CCC(C2CCOCC2)CC1. The van der Waals surface area contributed by atoms with Crippen molar-refractivity contribution in [3.8, 4) is 0 Å². The van der Waals surface area contributed by atoms with E-state index in [2.05, 4.69) is 0 Å². The summed E-state index contributed by atoms with van der Waals surface area (Å²) in [4.78, 5) is 27.0. The summed E-state index contributed by atoms with van der Waals surface area (Å²) in [6, 6.07) is 9.82. The first-order valence-corrected chi connectivity index (χ1v) is 11.2. The van der Waals surface area contributed by atoms with Crippen molar-refractivity contribution in [1.29, 1.82) is 0 Å². The zero-order valence-electron chi connectivity index (χ0n) is 17.4. The van der Waals surface area contributed by atoms with E-state index in [0.29, 0.717) is 18.9 Å². The molecule has 5 heteroatoms. The maximum absolute atomic E-state index is 13.2. The van der Waals surface area contributed by atoms with Crippen molar-refractivity contribution in [2.24, 2.45) is 23.7 Å². The maximum atomic E-state index is 13.2. The fourth-order valence-electron chi connectivity index (χ4n) is 5.49. The second-order valence-corrected chi connectivity index (χ2v) is 9.04. The average Bonchev–Trinajstić information content (AvgIpc) is 3.14. The van der Waals surface area contributed by atoms with E-state index in [4.69, 9.17) is 9.47 Å². The third-order valence-corrected chi connectivity index (χ3v) is 7.36. The second kappa shape index (κ2) is 9.29. The van der Waals surface area contributed by atoms with Gasteiger partial charge in [-0.1, -0.05) is 37.3 Å². The Bertz CT molecular complexity index is 692. The fraction of sp³-hybridized carbons (Fsp3) is 0.667. The quantitative estimate of drug-likeness (QED) is 0.734. The van der Waals surface area contributed by atoms with E-state index in [1.54, 1.807) is 0 Å². The van der Waals surface area contributed by atoms with Crippen LogP contribution in [-0.4, -0.2) is 42.8 Å². The van der Waals surface area contributed by atoms with Crippen LogP contribution in [0.4, 0.5) is 4.79 Å². The summed E-state index contributed by atoms with van der Waals surface area (Å²) in [5.41, 5.74) is 1.12. The highest BCUT2D eigenvalue weighted by atomic mass is 16.6. The summed E-state index contributed by atoms with van der Waals surface area (Å²) in [5, 5.41) is 0. The highest BCUT2D eigenvalue weighted by molar-refractivity contribution is 5.94. The first-order chi connectivity index (χ1) is 14.1. The molecule has 2 aliphatic heterocycles. The summed E-state index contributed by atoms with van der Waals surface area (Å²) >= 11 is 0. The molecule has 0 N–H and O–H groups in total. The van der Waals surface area contributed by atoms with Gasteiger partial charge in [0.15, 0.2) is 0 Å². The van der Waals surface area contributed by atoms with Crippen LogP contribution in [-0.2, 0) is 20.7 Å². The number of hydrogen-bond acceptors (Lipinski definition) is 4. The summed E-state index contributed by atoms with van der Waals surface area (Å²) in [7, 11) is 0. The Morgan fingerprint density at radius 2 is 1.69 bits per heavy atom. The van der Waals surface area contributed by atoms with Crippen molar-refractivity contribution in [2.45, 2.75) is 57.9 Å². The van der Waals surface area contributed by atoms with Crippen LogP contribution >= 0.6 is 0 Å². The molecule has 3 fully saturated rings. The Morgan fingerprint density at radius 3 is 2.38 bits per heavy atom. The molecule has 3 aliphatic rings. The lowest BCUT2D eigenvalue weighted by atomic mass is 9.70. The molecule has 1 saturated carbocycles. The summed E-state index contributed by atoms with van der Waals surface area (Å²) in [6.45, 7) is 4.11. The summed E-state index contributed by atoms with van der Waals surface area (Å²) in [6.07, 6.45) is 7.12. The molecule has 2 saturated heterocycles. The molecule has 2 heterocycles. The summed E-state index contributed by atoms with van der Waals surface area (Å²) in [5.74, 6) is 1.75. The number of imide groups is 1. The first kappa shape index (κ1) is 20.4. The second-order valence-electron chi connectivity index (χ2n) is 9.04. The van der Waals surface area contributed by atoms with Gasteiger partial charge in [0.1, 0.15) is 6.61 Å². The number of amides is 2. The minimum atomic E-state index is -0.473. The van der Waals surface area contributed by atoms with Gasteiger partial charge >= 0.3 is 6.09 Å². The maximum Gasteiger partial charge on any atom is 0.416 e. The van der Waals surface area contributed by atoms with Gasteiger partial charge in [-0.25, -0.2) is 9.69 Å². The van der Waals surface area contributed by atoms with Crippen LogP contribution in [0.15, 0.2) is 30.3 Å². The Hall–Kier alpha value is -1.88. The molecule has 0 spiro atoms. The Labute approximate surface area is 173 Å². The Balaban J connectivity index is 1.34. The predicted octanol–water partition coefficient (Wildman–Crippen LogP) is 4.45. The normalized spacial score (nSPS) is 29.5. The molecule has 1 aliphatic carbocycles. The lowest BCUT2D eigenvalue weighted by Gasteiger charge is -2.38. The number of rotatable bonds is 5. The lowest BCUT2D eigenvalue weighted by Crippen LogP contribution is -2.45. The minimum Gasteiger partial charge on any atom is -0.447 e. The number of nitrogens with zero attached hydrogens (tertiary/aromatic N) is 1. The number of hydrogen-bond donors (Lipinski definition) is 0. The molecule has 2 amide bonds. The van der Waals surface area contributed by atoms with E-state index in [1.165, 1.54) is 30.6 Å². The average molecular weight is 400 g/mol. The highest BCUT2D eigenvalue weighted by Gasteiger charge is 2.42. The molecule has 1 aromatic carbocycles. The van der Waals surface area contributed by atoms with Gasteiger partial charge in [-0.2, -0.15) is 0 Å². The monoisotopic (exact) mass is 399 g/mol. The molecule has 5 nitrogen and oxygen atoms in total. The first-order valence-electron chi connectivity index (χ1n) is 11.2. The van der Waals surface area contributed by atoms with Crippen LogP contribution in [0.1, 0.15) is 51.0 Å². The Kier molecular flexibility index (Phi) is 6.53. The van der Waals surface area contributed by atoms with E-state index in [-0.39, 0.29) is 17.9 Å². The summed E-state index contributed by atoms with van der Waals surface area (Å²) < 4.78 is 10.8. The zero-order chi connectivity index (χ0) is 20.2. The number of carbonyl (C=O) groups is 2. The number of cyclic esters (lactones) is 1. The molecule has 158 valence electrons. The van der Waals surface area contributed by atoms with E-state index in [0.717, 1.165) is 43.5 Å². The number of ether oxygens (including phenoxy) is 2. The highest BCUT2D eigenvalue weighted by Crippen LogP contribution is 2.40. The standard InChI is InChI=1S/C24H33NO4/c1-17(19-7-9-20(10-8-19)21-11-13-28-14-12-21)23(26)25-22(16-29-24(25)27)15-18-5-3-2-4-6-18/h2-6,17,19-22H,7-16H2,1H3/t17-,19?,20?,22-/m1/s1. The molecule has 2 atom stereocenters. The van der Waals surface area contributed by atoms with Gasteiger partial charge in [-0.15, -0.1) is 0 Å². The molecule has 0 bridgehead atoms. The molecule has 0 radical (unpaired) electrons. The molecule has 4 rings (SSSR count). The van der Waals surface area contributed by atoms with E-state index < -0.39 is 6.09 Å². The molecular formula is C24H33NO4. The van der Waals surface area contributed by atoms with Crippen molar-refractivity contribution < 1.29 is 19.1 Å². The van der Waals surface area contributed by atoms with Crippen LogP contribution in [0.5, 0.6) is 0 Å². The van der Waals surface area contributed by atoms with Crippen molar-refractivity contribution in [1.82, 2.24) is 4.90 Å². The molecule has 1 aromatic rings. The van der Waals surface area contributed by atoms with Crippen LogP contribution in [0.2, 0.25) is 0 Å². The largest absolute Gasteiger partial charge is 0.447 e. The van der Waals surface area contributed by atoms with Gasteiger partial charge in [-0.3, -0.25) is 4.79 Å². The van der Waals surface area contributed by atoms with Crippen LogP contribution in [0.3, 0.4) is 0 Å². The Morgan fingerprint density at radius 1 is 1.03 bits per heavy atom. The van der Waals surface area contributed by atoms with Crippen LogP contribution in [0.25, 0.3) is 0 Å². The van der Waals surface area contributed by atoms with Gasteiger partial charge in [0.05, 0.1) is 6.04 Å². The predicted molar refractivity (Wildman–Crippen MR) is 110 cm³/mol. The molecule has 29 heavy (non-hydrogen) atoms. The van der Waals surface area contributed by atoms with Crippen LogP contribution in [0, 0.1) is 23.7 Å². The van der Waals surface area contributed by atoms with E-state index in [1.807, 2.05) is 37.3 Å². The van der Waals surface area contributed by atoms with Crippen molar-refractivity contribution in [2.75, 3.05) is 19.8 Å². The molecular weight excluding hydrogens is 366 g/mol. The fourth-order valence-corrected chi connectivity index (χ4v) is 5.49. The number of benzene rings is 1. The van der Waals surface area contributed by atoms with Gasteiger partial charge in [0.25, 0.3) is 0 Å². The lowest BCUT2D eigenvalue weighted by molar-refractivity contribution is -0.135. The molecule has 0 unspecified atom stereocenters. The van der Waals surface area contributed by atoms with Gasteiger partial charge in [-0.05, 0) is 68.3 Å². The minimum absolute atomic E-state index is 0.0528. The number of carbonyl (C=O) groups excluding carboxylic acids is 2.